The molecule has 1 aliphatic rings. The van der Waals surface area contributed by atoms with Crippen molar-refractivity contribution in [3.05, 3.63) is 34.9 Å². The fourth-order valence-corrected chi connectivity index (χ4v) is 5.29. The Balaban J connectivity index is 2.02. The van der Waals surface area contributed by atoms with E-state index in [-0.39, 0.29) is 24.0 Å². The van der Waals surface area contributed by atoms with Crippen LogP contribution in [0.2, 0.25) is 0 Å². The number of rotatable bonds is 9. The normalized spacial score (nSPS) is 15.3. The van der Waals surface area contributed by atoms with Gasteiger partial charge in [-0.1, -0.05) is 12.7 Å². The van der Waals surface area contributed by atoms with Crippen molar-refractivity contribution in [3.8, 4) is 5.75 Å². The van der Waals surface area contributed by atoms with Gasteiger partial charge in [0.15, 0.2) is 0 Å². The number of hydrogen-bond donors (Lipinski definition) is 4. The van der Waals surface area contributed by atoms with Crippen LogP contribution >= 0.6 is 0 Å². The molecular formula is C22H34N4O5S. The minimum Gasteiger partial charge on any atom is -0.487 e. The van der Waals surface area contributed by atoms with Crippen molar-refractivity contribution in [2.75, 3.05) is 13.2 Å². The van der Waals surface area contributed by atoms with E-state index >= 15 is 0 Å². The Labute approximate surface area is 190 Å². The van der Waals surface area contributed by atoms with Gasteiger partial charge in [0.2, 0.25) is 5.96 Å². The van der Waals surface area contributed by atoms with Crippen molar-refractivity contribution in [2.24, 2.45) is 5.73 Å². The second-order valence-electron chi connectivity index (χ2n) is 8.63. The van der Waals surface area contributed by atoms with E-state index in [1.54, 1.807) is 13.8 Å². The van der Waals surface area contributed by atoms with Crippen LogP contribution in [0.15, 0.2) is 17.6 Å². The van der Waals surface area contributed by atoms with Crippen LogP contribution in [0.4, 0.5) is 0 Å². The van der Waals surface area contributed by atoms with Crippen LogP contribution < -0.4 is 20.5 Å². The molecule has 0 amide bonds. The first-order valence-electron chi connectivity index (χ1n) is 10.5. The zero-order valence-electron chi connectivity index (χ0n) is 19.4. The molecule has 0 saturated heterocycles. The third kappa shape index (κ3) is 5.80. The fraction of sp³-hybridized carbons (Fsp3) is 0.545. The number of carbonyl (C=O) groups is 1. The number of benzene rings is 1. The van der Waals surface area contributed by atoms with Gasteiger partial charge in [-0.15, -0.1) is 0 Å². The molecule has 0 aromatic heterocycles. The first-order valence-corrected chi connectivity index (χ1v) is 12.0. The summed E-state index contributed by atoms with van der Waals surface area (Å²) in [4.78, 5) is 11.8. The number of ether oxygens (including phenoxy) is 2. The highest BCUT2D eigenvalue weighted by atomic mass is 32.2. The molecule has 178 valence electrons. The third-order valence-electron chi connectivity index (χ3n) is 5.44. The number of sulfonamides is 1. The molecule has 0 fully saturated rings. The number of nitrogens with one attached hydrogen (secondary N) is 3. The average Bonchev–Trinajstić information content (AvgIpc) is 3.03. The molecule has 1 aliphatic heterocycles. The van der Waals surface area contributed by atoms with Crippen molar-refractivity contribution < 1.29 is 22.7 Å². The van der Waals surface area contributed by atoms with Crippen LogP contribution in [-0.4, -0.2) is 45.1 Å². The Kier molecular flexibility index (Phi) is 7.95. The highest BCUT2D eigenvalue weighted by Gasteiger charge is 2.36. The molecule has 32 heavy (non-hydrogen) atoms. The quantitative estimate of drug-likeness (QED) is 0.143. The third-order valence-corrected chi connectivity index (χ3v) is 7.06. The molecule has 5 N–H and O–H groups in total. The lowest BCUT2D eigenvalue weighted by Crippen LogP contribution is -2.41. The average molecular weight is 467 g/mol. The lowest BCUT2D eigenvalue weighted by Gasteiger charge is -2.20. The molecule has 0 saturated carbocycles. The zero-order chi connectivity index (χ0) is 24.3. The van der Waals surface area contributed by atoms with Crippen molar-refractivity contribution in [3.63, 3.8) is 0 Å². The van der Waals surface area contributed by atoms with Crippen molar-refractivity contribution in [2.45, 2.75) is 70.4 Å². The molecular weight excluding hydrogens is 432 g/mol. The Morgan fingerprint density at radius 2 is 1.97 bits per heavy atom. The molecule has 10 heteroatoms. The molecule has 0 bridgehead atoms. The number of fused-ring (bicyclic) bond motifs is 1. The van der Waals surface area contributed by atoms with Gasteiger partial charge in [0.05, 0.1) is 4.90 Å². The van der Waals surface area contributed by atoms with Crippen molar-refractivity contribution in [1.82, 2.24) is 10.0 Å². The molecule has 1 atom stereocenters. The summed E-state index contributed by atoms with van der Waals surface area (Å²) in [7, 11) is -4.00. The van der Waals surface area contributed by atoms with Crippen LogP contribution in [0.25, 0.3) is 0 Å². The molecule has 9 nitrogen and oxygen atoms in total. The minimum atomic E-state index is -4.00. The Morgan fingerprint density at radius 1 is 1.31 bits per heavy atom. The number of carbonyl (C=O) groups excluding carboxylic acids is 1. The number of guanidine groups is 1. The Bertz CT molecular complexity index is 1020. The second kappa shape index (κ2) is 9.91. The van der Waals surface area contributed by atoms with E-state index in [2.05, 4.69) is 16.6 Å². The minimum absolute atomic E-state index is 0.0980. The summed E-state index contributed by atoms with van der Waals surface area (Å²) in [5.41, 5.74) is 8.45. The van der Waals surface area contributed by atoms with E-state index in [0.717, 1.165) is 11.1 Å². The summed E-state index contributed by atoms with van der Waals surface area (Å²) in [6, 6.07) is -0.786. The van der Waals surface area contributed by atoms with Crippen molar-refractivity contribution in [1.29, 1.82) is 5.41 Å². The Morgan fingerprint density at radius 3 is 2.59 bits per heavy atom. The maximum absolute atomic E-state index is 13.1. The molecule has 0 radical (unpaired) electrons. The van der Waals surface area contributed by atoms with E-state index in [1.807, 2.05) is 20.8 Å². The molecule has 2 rings (SSSR count). The van der Waals surface area contributed by atoms with Crippen LogP contribution in [0.5, 0.6) is 5.75 Å². The van der Waals surface area contributed by atoms with E-state index in [9.17, 15) is 13.2 Å². The highest BCUT2D eigenvalue weighted by Crippen LogP contribution is 2.43. The summed E-state index contributed by atoms with van der Waals surface area (Å²) in [6.45, 7) is 13.2. The standard InChI is InChI=1S/C22H34N4O5S/c1-7-11-30-20(27)17(23)9-8-10-25-21(24)26-32(28,29)19-14(3)13(2)16-12-22(5,6)31-18(16)15(19)4/h7,17H,1,8-12,23H2,2-6H3,(H3,24,25,26)/t17-/m0/s1. The topological polar surface area (TPSA) is 144 Å². The van der Waals surface area contributed by atoms with Gasteiger partial charge in [0.1, 0.15) is 24.0 Å². The van der Waals surface area contributed by atoms with Crippen LogP contribution in [0, 0.1) is 26.2 Å². The van der Waals surface area contributed by atoms with E-state index in [1.165, 1.54) is 6.08 Å². The lowest BCUT2D eigenvalue weighted by molar-refractivity contribution is -0.144. The van der Waals surface area contributed by atoms with Gasteiger partial charge in [-0.25, -0.2) is 13.1 Å². The lowest BCUT2D eigenvalue weighted by atomic mass is 9.93. The predicted molar refractivity (Wildman–Crippen MR) is 123 cm³/mol. The van der Waals surface area contributed by atoms with Gasteiger partial charge < -0.3 is 20.5 Å². The van der Waals surface area contributed by atoms with Crippen LogP contribution in [-0.2, 0) is 26.0 Å². The maximum Gasteiger partial charge on any atom is 0.323 e. The maximum atomic E-state index is 13.1. The molecule has 1 heterocycles. The van der Waals surface area contributed by atoms with Gasteiger partial charge in [-0.3, -0.25) is 10.2 Å². The summed E-state index contributed by atoms with van der Waals surface area (Å²) < 4.78 is 39.4. The monoisotopic (exact) mass is 466 g/mol. The molecule has 0 unspecified atom stereocenters. The van der Waals surface area contributed by atoms with Gasteiger partial charge in [-0.05, 0) is 58.6 Å². The van der Waals surface area contributed by atoms with Crippen molar-refractivity contribution >= 4 is 22.0 Å². The van der Waals surface area contributed by atoms with E-state index in [4.69, 9.17) is 20.6 Å². The Hall–Kier alpha value is -2.59. The van der Waals surface area contributed by atoms with E-state index < -0.39 is 27.6 Å². The fourth-order valence-electron chi connectivity index (χ4n) is 3.79. The number of esters is 1. The SMILES string of the molecule is C=CCOC(=O)[C@@H](N)CCCNC(=N)NS(=O)(=O)c1c(C)c(C)c2c(c1C)OC(C)(C)C2. The zero-order valence-corrected chi connectivity index (χ0v) is 20.2. The van der Waals surface area contributed by atoms with Gasteiger partial charge in [-0.2, -0.15) is 0 Å². The second-order valence-corrected chi connectivity index (χ2v) is 10.2. The van der Waals surface area contributed by atoms with Gasteiger partial charge in [0.25, 0.3) is 10.0 Å². The van der Waals surface area contributed by atoms with Crippen LogP contribution in [0.3, 0.4) is 0 Å². The summed E-state index contributed by atoms with van der Waals surface area (Å²) >= 11 is 0. The van der Waals surface area contributed by atoms with E-state index in [0.29, 0.717) is 36.1 Å². The smallest absolute Gasteiger partial charge is 0.323 e. The van der Waals surface area contributed by atoms with Gasteiger partial charge >= 0.3 is 5.97 Å². The van der Waals surface area contributed by atoms with Crippen LogP contribution in [0.1, 0.15) is 48.9 Å². The number of hydrogen-bond acceptors (Lipinski definition) is 7. The summed E-state index contributed by atoms with van der Waals surface area (Å²) in [6.07, 6.45) is 2.95. The highest BCUT2D eigenvalue weighted by molar-refractivity contribution is 7.90. The molecule has 1 aromatic carbocycles. The summed E-state index contributed by atoms with van der Waals surface area (Å²) in [5.74, 6) is -0.273. The summed E-state index contributed by atoms with van der Waals surface area (Å²) in [5, 5.41) is 10.7. The first kappa shape index (κ1) is 25.7. The predicted octanol–water partition coefficient (Wildman–Crippen LogP) is 1.96. The molecule has 1 aromatic rings. The largest absolute Gasteiger partial charge is 0.487 e. The van der Waals surface area contributed by atoms with Gasteiger partial charge in [0, 0.05) is 24.1 Å². The molecule has 0 aliphatic carbocycles. The molecule has 0 spiro atoms. The number of nitrogens with two attached hydrogens (primary N) is 1. The first-order chi connectivity index (χ1) is 14.8.